The summed E-state index contributed by atoms with van der Waals surface area (Å²) in [6, 6.07) is 10.5. The van der Waals surface area contributed by atoms with Gasteiger partial charge in [-0.2, -0.15) is 26.3 Å². The lowest BCUT2D eigenvalue weighted by molar-refractivity contribution is -0.254. The predicted octanol–water partition coefficient (Wildman–Crippen LogP) is 11.8. The first-order chi connectivity index (χ1) is 18.7. The van der Waals surface area contributed by atoms with Crippen LogP contribution in [0.2, 0.25) is 0 Å². The van der Waals surface area contributed by atoms with Crippen molar-refractivity contribution in [2.24, 2.45) is 5.41 Å². The number of hydrogen-bond acceptors (Lipinski definition) is 2. The fourth-order valence-electron chi connectivity index (χ4n) is 5.75. The van der Waals surface area contributed by atoms with E-state index in [0.29, 0.717) is 24.5 Å². The van der Waals surface area contributed by atoms with Gasteiger partial charge in [0.2, 0.25) is 0 Å². The molecule has 0 amide bonds. The third-order valence-corrected chi connectivity index (χ3v) is 10.6. The van der Waals surface area contributed by atoms with E-state index in [2.05, 4.69) is 20.8 Å². The smallest absolute Gasteiger partial charge is 0.194 e. The summed E-state index contributed by atoms with van der Waals surface area (Å²) < 4.78 is 94.9. The summed E-state index contributed by atoms with van der Waals surface area (Å²) in [7, 11) is 0. The summed E-state index contributed by atoms with van der Waals surface area (Å²) in [5.74, 6) is -15.8. The van der Waals surface area contributed by atoms with Crippen molar-refractivity contribution in [1.82, 2.24) is 0 Å². The van der Waals surface area contributed by atoms with Gasteiger partial charge < -0.3 is 0 Å². The molecule has 8 heteroatoms. The van der Waals surface area contributed by atoms with Gasteiger partial charge in [-0.1, -0.05) is 72.2 Å². The molecular formula is C33H34F6S2. The van der Waals surface area contributed by atoms with E-state index in [9.17, 15) is 0 Å². The van der Waals surface area contributed by atoms with E-state index < -0.39 is 28.9 Å². The lowest BCUT2D eigenvalue weighted by Crippen LogP contribution is -2.48. The quantitative estimate of drug-likeness (QED) is 0.198. The molecule has 0 bridgehead atoms. The number of rotatable bonds is 5. The molecule has 2 aromatic heterocycles. The molecule has 0 N–H and O–H groups in total. The fourth-order valence-corrected chi connectivity index (χ4v) is 7.99. The van der Waals surface area contributed by atoms with Crippen molar-refractivity contribution in [3.8, 4) is 0 Å². The van der Waals surface area contributed by atoms with Crippen LogP contribution in [0.5, 0.6) is 0 Å². The molecule has 2 heterocycles. The lowest BCUT2D eigenvalue weighted by atomic mass is 9.83. The highest BCUT2D eigenvalue weighted by Crippen LogP contribution is 2.67. The first-order valence-electron chi connectivity index (χ1n) is 13.7. The molecule has 0 unspecified atom stereocenters. The van der Waals surface area contributed by atoms with Crippen molar-refractivity contribution in [3.63, 3.8) is 0 Å². The Labute approximate surface area is 245 Å². The molecule has 1 aliphatic carbocycles. The van der Waals surface area contributed by atoms with Gasteiger partial charge in [-0.3, -0.25) is 0 Å². The monoisotopic (exact) mass is 608 g/mol. The SMILES string of the molecule is CCC(C)(C)Cc1ccc2c(C3=C(c4c(C)sc5cc(C(C)(C)C)ccc45)C(F)(F)C(F)(F)C3(F)F)c(C)sc2c1. The second-order valence-electron chi connectivity index (χ2n) is 13.0. The molecule has 0 saturated carbocycles. The van der Waals surface area contributed by atoms with E-state index in [4.69, 9.17) is 0 Å². The van der Waals surface area contributed by atoms with Gasteiger partial charge in [-0.05, 0) is 54.4 Å². The second kappa shape index (κ2) is 9.34. The fraction of sp³-hybridized carbons (Fsp3) is 0.455. The maximum absolute atomic E-state index is 15.8. The molecule has 0 spiro atoms. The third-order valence-electron chi connectivity index (χ3n) is 8.47. The summed E-state index contributed by atoms with van der Waals surface area (Å²) in [5.41, 5.74) is -1.29. The maximum Gasteiger partial charge on any atom is 0.380 e. The summed E-state index contributed by atoms with van der Waals surface area (Å²) in [5, 5.41) is 0.570. The van der Waals surface area contributed by atoms with Gasteiger partial charge in [-0.25, -0.2) is 0 Å². The van der Waals surface area contributed by atoms with Gasteiger partial charge in [0.15, 0.2) is 0 Å². The number of hydrogen-bond donors (Lipinski definition) is 0. The molecule has 0 aliphatic heterocycles. The van der Waals surface area contributed by atoms with Crippen LogP contribution in [-0.4, -0.2) is 17.8 Å². The van der Waals surface area contributed by atoms with Crippen molar-refractivity contribution in [1.29, 1.82) is 0 Å². The first kappa shape index (κ1) is 30.1. The first-order valence-corrected chi connectivity index (χ1v) is 15.3. The highest BCUT2D eigenvalue weighted by Gasteiger charge is 2.80. The molecule has 5 rings (SSSR count). The Balaban J connectivity index is 1.84. The summed E-state index contributed by atoms with van der Waals surface area (Å²) in [4.78, 5) is 0.604. The number of benzene rings is 2. The van der Waals surface area contributed by atoms with E-state index >= 15 is 26.3 Å². The van der Waals surface area contributed by atoms with Crippen LogP contribution in [0.3, 0.4) is 0 Å². The average Bonchev–Trinajstić information content (AvgIpc) is 3.37. The van der Waals surface area contributed by atoms with E-state index in [1.54, 1.807) is 31.2 Å². The highest BCUT2D eigenvalue weighted by atomic mass is 32.1. The summed E-state index contributed by atoms with van der Waals surface area (Å²) in [6.45, 7) is 15.4. The average molecular weight is 609 g/mol. The van der Waals surface area contributed by atoms with Crippen LogP contribution in [0.4, 0.5) is 26.3 Å². The number of fused-ring (bicyclic) bond motifs is 2. The number of alkyl halides is 6. The van der Waals surface area contributed by atoms with Crippen LogP contribution in [-0.2, 0) is 11.8 Å². The molecule has 2 aromatic carbocycles. The Bertz CT molecular complexity index is 1710. The van der Waals surface area contributed by atoms with Gasteiger partial charge in [0.25, 0.3) is 0 Å². The molecule has 0 atom stereocenters. The summed E-state index contributed by atoms with van der Waals surface area (Å²) in [6.07, 6.45) is 1.67. The summed E-state index contributed by atoms with van der Waals surface area (Å²) >= 11 is 2.33. The van der Waals surface area contributed by atoms with Crippen molar-refractivity contribution in [2.75, 3.05) is 0 Å². The topological polar surface area (TPSA) is 0 Å². The van der Waals surface area contributed by atoms with Crippen LogP contribution in [0.15, 0.2) is 36.4 Å². The highest BCUT2D eigenvalue weighted by molar-refractivity contribution is 7.19. The van der Waals surface area contributed by atoms with Crippen molar-refractivity contribution in [3.05, 3.63) is 68.4 Å². The number of allylic oxidation sites excluding steroid dienone is 2. The zero-order chi connectivity index (χ0) is 30.5. The Hall–Kier alpha value is -2.32. The molecule has 1 aliphatic rings. The van der Waals surface area contributed by atoms with E-state index in [1.165, 1.54) is 18.3 Å². The van der Waals surface area contributed by atoms with Crippen LogP contribution in [0.1, 0.15) is 80.0 Å². The third kappa shape index (κ3) is 4.46. The number of halogens is 6. The molecule has 0 fully saturated rings. The molecule has 41 heavy (non-hydrogen) atoms. The zero-order valence-corrected chi connectivity index (χ0v) is 26.1. The second-order valence-corrected chi connectivity index (χ2v) is 15.5. The Morgan fingerprint density at radius 1 is 0.683 bits per heavy atom. The standard InChI is InChI=1S/C33H34F6S2/c1-9-30(7,8)16-19-10-12-21-23(14-19)40-17(2)25(21)27-28(32(36,37)33(38,39)31(27,34)35)26-18(3)41-24-15-20(29(4,5)6)11-13-22(24)26/h10-15H,9,16H2,1-8H3. The van der Waals surface area contributed by atoms with Gasteiger partial charge in [0.1, 0.15) is 0 Å². The number of thiophene rings is 2. The van der Waals surface area contributed by atoms with Crippen LogP contribution in [0.25, 0.3) is 31.3 Å². The van der Waals surface area contributed by atoms with E-state index in [0.717, 1.165) is 35.3 Å². The normalized spacial score (nSPS) is 18.7. The Morgan fingerprint density at radius 2 is 1.15 bits per heavy atom. The van der Waals surface area contributed by atoms with Gasteiger partial charge in [-0.15, -0.1) is 22.7 Å². The van der Waals surface area contributed by atoms with Crippen LogP contribution >= 0.6 is 22.7 Å². The zero-order valence-electron chi connectivity index (χ0n) is 24.5. The lowest BCUT2D eigenvalue weighted by Gasteiger charge is -2.26. The predicted molar refractivity (Wildman–Crippen MR) is 161 cm³/mol. The molecule has 0 nitrogen and oxygen atoms in total. The minimum absolute atomic E-state index is 0.00545. The molecule has 4 aromatic rings. The minimum atomic E-state index is -5.59. The molecular weight excluding hydrogens is 574 g/mol. The number of aryl methyl sites for hydroxylation is 2. The van der Waals surface area contributed by atoms with Gasteiger partial charge >= 0.3 is 17.8 Å². The molecule has 0 radical (unpaired) electrons. The Kier molecular flexibility index (Phi) is 6.87. The van der Waals surface area contributed by atoms with Crippen LogP contribution < -0.4 is 0 Å². The Morgan fingerprint density at radius 3 is 1.61 bits per heavy atom. The maximum atomic E-state index is 15.8. The van der Waals surface area contributed by atoms with E-state index in [-0.39, 0.29) is 27.3 Å². The minimum Gasteiger partial charge on any atom is -0.194 e. The van der Waals surface area contributed by atoms with Crippen molar-refractivity contribution >= 4 is 54.0 Å². The van der Waals surface area contributed by atoms with Crippen molar-refractivity contribution in [2.45, 2.75) is 91.4 Å². The van der Waals surface area contributed by atoms with Crippen LogP contribution in [0, 0.1) is 19.3 Å². The van der Waals surface area contributed by atoms with Gasteiger partial charge in [0.05, 0.1) is 0 Å². The van der Waals surface area contributed by atoms with E-state index in [1.807, 2.05) is 32.9 Å². The molecule has 0 saturated heterocycles. The largest absolute Gasteiger partial charge is 0.380 e. The van der Waals surface area contributed by atoms with Gasteiger partial charge in [0, 0.05) is 52.2 Å². The van der Waals surface area contributed by atoms with Crippen molar-refractivity contribution < 1.29 is 26.3 Å². The molecule has 220 valence electrons.